The maximum Gasteiger partial charge on any atom is 0.285 e. The summed E-state index contributed by atoms with van der Waals surface area (Å²) < 4.78 is 0. The third kappa shape index (κ3) is 4.31. The van der Waals surface area contributed by atoms with E-state index in [-0.39, 0.29) is 16.8 Å². The van der Waals surface area contributed by atoms with Crippen LogP contribution >= 0.6 is 0 Å². The summed E-state index contributed by atoms with van der Waals surface area (Å²) in [6.07, 6.45) is 2.52. The largest absolute Gasteiger partial charge is 0.398 e. The fourth-order valence-corrected chi connectivity index (χ4v) is 0.939. The molecule has 2 rings (SSSR count). The molecule has 0 aliphatic rings. The zero-order valence-electron chi connectivity index (χ0n) is 9.12. The van der Waals surface area contributed by atoms with Crippen molar-refractivity contribution in [3.63, 3.8) is 0 Å². The maximum absolute atomic E-state index is 10.4. The zero-order valence-corrected chi connectivity index (χ0v) is 9.12. The molecule has 0 bridgehead atoms. The first kappa shape index (κ1) is 13.2. The third-order valence-electron chi connectivity index (χ3n) is 1.79. The number of pyridine rings is 2. The van der Waals surface area contributed by atoms with Crippen LogP contribution in [0, 0.1) is 10.1 Å². The van der Waals surface area contributed by atoms with Crippen molar-refractivity contribution in [3.8, 4) is 0 Å². The van der Waals surface area contributed by atoms with Gasteiger partial charge in [0, 0.05) is 30.1 Å². The van der Waals surface area contributed by atoms with Gasteiger partial charge in [0.1, 0.15) is 0 Å². The molecule has 0 saturated heterocycles. The number of rotatable bonds is 1. The number of nitrogens with one attached hydrogen (secondary N) is 2. The van der Waals surface area contributed by atoms with E-state index in [4.69, 9.17) is 5.73 Å². The number of hydrogen-bond acceptors (Lipinski definition) is 5. The first-order valence-electron chi connectivity index (χ1n) is 4.76. The molecular weight excluding hydrogens is 240 g/mol. The topological polar surface area (TPSA) is 135 Å². The summed E-state index contributed by atoms with van der Waals surface area (Å²) in [5.41, 5.74) is 5.25. The zero-order chi connectivity index (χ0) is 13.5. The predicted molar refractivity (Wildman–Crippen MR) is 65.2 cm³/mol. The molecule has 8 heteroatoms. The van der Waals surface area contributed by atoms with E-state index in [1.54, 1.807) is 6.07 Å². The van der Waals surface area contributed by atoms with Crippen molar-refractivity contribution in [1.29, 1.82) is 0 Å². The Bertz CT molecular complexity index is 606. The van der Waals surface area contributed by atoms with Crippen LogP contribution < -0.4 is 16.9 Å². The number of aromatic nitrogens is 2. The van der Waals surface area contributed by atoms with Gasteiger partial charge in [-0.15, -0.1) is 0 Å². The molecule has 0 amide bonds. The Morgan fingerprint density at radius 1 is 1.00 bits per heavy atom. The van der Waals surface area contributed by atoms with Crippen molar-refractivity contribution >= 4 is 11.4 Å². The van der Waals surface area contributed by atoms with E-state index in [1.807, 2.05) is 0 Å². The summed E-state index contributed by atoms with van der Waals surface area (Å²) in [5.74, 6) is 0. The molecule has 8 nitrogen and oxygen atoms in total. The van der Waals surface area contributed by atoms with Gasteiger partial charge in [0.2, 0.25) is 11.1 Å². The number of nitrogens with two attached hydrogens (primary N) is 1. The van der Waals surface area contributed by atoms with Crippen LogP contribution in [0.3, 0.4) is 0 Å². The summed E-state index contributed by atoms with van der Waals surface area (Å²) >= 11 is 0. The second-order valence-electron chi connectivity index (χ2n) is 3.15. The molecule has 0 saturated carbocycles. The number of hydrogen-bond donors (Lipinski definition) is 3. The maximum atomic E-state index is 10.4. The Morgan fingerprint density at radius 2 is 1.56 bits per heavy atom. The molecule has 2 aromatic rings. The number of nitro groups is 1. The Morgan fingerprint density at radius 3 is 1.89 bits per heavy atom. The molecule has 0 atom stereocenters. The number of anilines is 1. The summed E-state index contributed by atoms with van der Waals surface area (Å²) in [5, 5.41) is 10.00. The summed E-state index contributed by atoms with van der Waals surface area (Å²) in [6, 6.07) is 5.20. The lowest BCUT2D eigenvalue weighted by atomic mass is 10.4. The Kier molecular flexibility index (Phi) is 4.38. The van der Waals surface area contributed by atoms with Gasteiger partial charge in [0.15, 0.2) is 0 Å². The lowest BCUT2D eigenvalue weighted by molar-refractivity contribution is -0.385. The number of nitrogens with zero attached hydrogens (tertiary/aromatic N) is 1. The van der Waals surface area contributed by atoms with Crippen molar-refractivity contribution in [2.24, 2.45) is 0 Å². The molecule has 0 spiro atoms. The van der Waals surface area contributed by atoms with Crippen LogP contribution in [0.1, 0.15) is 0 Å². The predicted octanol–water partition coefficient (Wildman–Crippen LogP) is 0.240. The molecule has 2 heterocycles. The smallest absolute Gasteiger partial charge is 0.285 e. The molecule has 0 fully saturated rings. The monoisotopic (exact) mass is 250 g/mol. The fraction of sp³-hybridized carbons (Fsp3) is 0. The highest BCUT2D eigenvalue weighted by molar-refractivity contribution is 5.32. The van der Waals surface area contributed by atoms with Gasteiger partial charge in [-0.1, -0.05) is 0 Å². The molecule has 94 valence electrons. The average molecular weight is 250 g/mol. The minimum absolute atomic E-state index is 0.111. The highest BCUT2D eigenvalue weighted by Crippen LogP contribution is 2.02. The van der Waals surface area contributed by atoms with Crippen LogP contribution in [0.25, 0.3) is 0 Å². The molecular formula is C10H10N4O4. The molecule has 4 N–H and O–H groups in total. The third-order valence-corrected chi connectivity index (χ3v) is 1.79. The van der Waals surface area contributed by atoms with Crippen LogP contribution in [-0.4, -0.2) is 14.9 Å². The van der Waals surface area contributed by atoms with Gasteiger partial charge < -0.3 is 15.7 Å². The molecule has 2 aromatic heterocycles. The van der Waals surface area contributed by atoms with E-state index in [0.29, 0.717) is 5.69 Å². The lowest BCUT2D eigenvalue weighted by Crippen LogP contribution is -2.02. The second kappa shape index (κ2) is 5.99. The van der Waals surface area contributed by atoms with Crippen molar-refractivity contribution in [2.75, 3.05) is 5.73 Å². The normalized spacial score (nSPS) is 9.11. The SMILES string of the molecule is Nc1ccc(=O)[nH]c1.O=c1ccc([N+](=O)[O-])c[nH]1. The van der Waals surface area contributed by atoms with Crippen molar-refractivity contribution < 1.29 is 4.92 Å². The quantitative estimate of drug-likeness (QED) is 0.492. The molecule has 0 aliphatic carbocycles. The average Bonchev–Trinajstić information content (AvgIpc) is 2.34. The van der Waals surface area contributed by atoms with E-state index in [2.05, 4.69) is 9.97 Å². The van der Waals surface area contributed by atoms with Crippen molar-refractivity contribution in [2.45, 2.75) is 0 Å². The van der Waals surface area contributed by atoms with Crippen LogP contribution in [0.4, 0.5) is 11.4 Å². The Balaban J connectivity index is 0.000000184. The van der Waals surface area contributed by atoms with Crippen LogP contribution in [0.5, 0.6) is 0 Å². The van der Waals surface area contributed by atoms with Gasteiger partial charge in [-0.2, -0.15) is 0 Å². The second-order valence-corrected chi connectivity index (χ2v) is 3.15. The van der Waals surface area contributed by atoms with E-state index in [9.17, 15) is 19.7 Å². The standard InChI is InChI=1S/C5H4N2O3.C5H6N2O/c8-5-2-1-4(3-6-5)7(9)10;6-4-1-2-5(8)7-3-4/h1-3H,(H,6,8);1-3H,6H2,(H,7,8). The summed E-state index contributed by atoms with van der Waals surface area (Å²) in [6.45, 7) is 0. The highest BCUT2D eigenvalue weighted by Gasteiger charge is 2.01. The molecule has 18 heavy (non-hydrogen) atoms. The fourth-order valence-electron chi connectivity index (χ4n) is 0.939. The van der Waals surface area contributed by atoms with E-state index in [0.717, 1.165) is 18.3 Å². The first-order chi connectivity index (χ1) is 8.49. The Hall–Kier alpha value is -2.90. The van der Waals surface area contributed by atoms with Crippen LogP contribution in [0.2, 0.25) is 0 Å². The minimum Gasteiger partial charge on any atom is -0.398 e. The van der Waals surface area contributed by atoms with Gasteiger partial charge in [0.25, 0.3) is 5.69 Å². The summed E-state index contributed by atoms with van der Waals surface area (Å²) in [7, 11) is 0. The van der Waals surface area contributed by atoms with Gasteiger partial charge in [-0.25, -0.2) is 0 Å². The highest BCUT2D eigenvalue weighted by atomic mass is 16.6. The van der Waals surface area contributed by atoms with Crippen molar-refractivity contribution in [3.05, 3.63) is 67.5 Å². The van der Waals surface area contributed by atoms with Gasteiger partial charge >= 0.3 is 0 Å². The number of nitrogen functional groups attached to an aromatic ring is 1. The minimum atomic E-state index is -0.573. The van der Waals surface area contributed by atoms with E-state index in [1.165, 1.54) is 12.3 Å². The molecule has 0 aromatic carbocycles. The summed E-state index contributed by atoms with van der Waals surface area (Å²) in [4.78, 5) is 34.7. The van der Waals surface area contributed by atoms with Gasteiger partial charge in [-0.3, -0.25) is 19.7 Å². The van der Waals surface area contributed by atoms with Crippen LogP contribution in [0.15, 0.2) is 46.2 Å². The van der Waals surface area contributed by atoms with Gasteiger partial charge in [0.05, 0.1) is 11.1 Å². The van der Waals surface area contributed by atoms with E-state index >= 15 is 0 Å². The molecule has 0 aliphatic heterocycles. The molecule has 0 radical (unpaired) electrons. The lowest BCUT2D eigenvalue weighted by Gasteiger charge is -1.85. The first-order valence-corrected chi connectivity index (χ1v) is 4.76. The van der Waals surface area contributed by atoms with Crippen LogP contribution in [-0.2, 0) is 0 Å². The van der Waals surface area contributed by atoms with E-state index < -0.39 is 4.92 Å². The Labute approximate surface area is 100 Å². The van der Waals surface area contributed by atoms with Gasteiger partial charge in [-0.05, 0) is 6.07 Å². The number of aromatic amines is 2. The van der Waals surface area contributed by atoms with Crippen molar-refractivity contribution in [1.82, 2.24) is 9.97 Å². The number of H-pyrrole nitrogens is 2. The molecule has 0 unspecified atom stereocenters.